The van der Waals surface area contributed by atoms with Crippen molar-refractivity contribution in [2.45, 2.75) is 117 Å². The predicted molar refractivity (Wildman–Crippen MR) is 138 cm³/mol. The average molecular weight is 482 g/mol. The molecule has 0 spiro atoms. The molecular weight excluding hydrogens is 434 g/mol. The molecule has 0 radical (unpaired) electrons. The molecule has 1 N–H and O–H groups in total. The molecule has 0 bridgehead atoms. The molecule has 0 saturated carbocycles. The maximum absolute atomic E-state index is 13.1. The molecule has 0 aliphatic rings. The zero-order chi connectivity index (χ0) is 24.4. The number of carboxylic acid groups (broad SMARTS) is 1. The van der Waals surface area contributed by atoms with Crippen LogP contribution >= 0.6 is 0 Å². The quantitative estimate of drug-likeness (QED) is 0.193. The van der Waals surface area contributed by atoms with Crippen LogP contribution in [-0.4, -0.2) is 36.1 Å². The molecule has 0 fully saturated rings. The molecule has 1 rings (SSSR count). The molecule has 190 valence electrons. The van der Waals surface area contributed by atoms with Crippen molar-refractivity contribution in [3.05, 3.63) is 35.4 Å². The van der Waals surface area contributed by atoms with Gasteiger partial charge in [-0.15, -0.1) is 0 Å². The van der Waals surface area contributed by atoms with Crippen molar-refractivity contribution >= 4 is 16.0 Å². The maximum atomic E-state index is 13.1. The lowest BCUT2D eigenvalue weighted by atomic mass is 10.1. The Bertz CT molecular complexity index is 731. The maximum Gasteiger partial charge on any atom is 0.303 e. The second-order valence-corrected chi connectivity index (χ2v) is 11.3. The summed E-state index contributed by atoms with van der Waals surface area (Å²) < 4.78 is 27.9. The minimum absolute atomic E-state index is 0.185. The molecule has 6 heteroatoms. The minimum Gasteiger partial charge on any atom is -0.481 e. The highest BCUT2D eigenvalue weighted by Gasteiger charge is 2.21. The molecule has 0 aliphatic carbocycles. The Kier molecular flexibility index (Phi) is 16.2. The zero-order valence-corrected chi connectivity index (χ0v) is 21.9. The van der Waals surface area contributed by atoms with Crippen LogP contribution in [0.2, 0.25) is 0 Å². The smallest absolute Gasteiger partial charge is 0.303 e. The van der Waals surface area contributed by atoms with Crippen LogP contribution in [0.4, 0.5) is 0 Å². The fourth-order valence-electron chi connectivity index (χ4n) is 4.00. The zero-order valence-electron chi connectivity index (χ0n) is 21.1. The van der Waals surface area contributed by atoms with Crippen LogP contribution in [-0.2, 0) is 27.8 Å². The summed E-state index contributed by atoms with van der Waals surface area (Å²) in [5.74, 6) is -0.551. The predicted octanol–water partition coefficient (Wildman–Crippen LogP) is 6.95. The van der Waals surface area contributed by atoms with Gasteiger partial charge >= 0.3 is 5.97 Å². The van der Waals surface area contributed by atoms with E-state index in [1.807, 2.05) is 0 Å². The Morgan fingerprint density at radius 1 is 0.758 bits per heavy atom. The van der Waals surface area contributed by atoms with Gasteiger partial charge in [0.2, 0.25) is 10.0 Å². The van der Waals surface area contributed by atoms with Crippen LogP contribution in [0.1, 0.15) is 115 Å². The van der Waals surface area contributed by atoms with Crippen molar-refractivity contribution in [1.29, 1.82) is 0 Å². The Labute approximate surface area is 203 Å². The number of aliphatic carboxylic acids is 1. The van der Waals surface area contributed by atoms with Gasteiger partial charge in [0, 0.05) is 19.5 Å². The van der Waals surface area contributed by atoms with Crippen molar-refractivity contribution < 1.29 is 18.3 Å². The molecule has 0 atom stereocenters. The number of hydrogen-bond donors (Lipinski definition) is 1. The van der Waals surface area contributed by atoms with Crippen molar-refractivity contribution in [1.82, 2.24) is 4.31 Å². The van der Waals surface area contributed by atoms with Gasteiger partial charge in [-0.2, -0.15) is 4.31 Å². The first-order valence-electron chi connectivity index (χ1n) is 13.2. The second-order valence-electron chi connectivity index (χ2n) is 9.25. The summed E-state index contributed by atoms with van der Waals surface area (Å²) in [7, 11) is -3.31. The number of carboxylic acids is 1. The van der Waals surface area contributed by atoms with Gasteiger partial charge in [-0.1, -0.05) is 95.9 Å². The van der Waals surface area contributed by atoms with E-state index >= 15 is 0 Å². The van der Waals surface area contributed by atoms with E-state index in [0.29, 0.717) is 19.5 Å². The summed E-state index contributed by atoms with van der Waals surface area (Å²) in [6.45, 7) is 5.31. The van der Waals surface area contributed by atoms with E-state index in [1.54, 1.807) is 4.31 Å². The third-order valence-electron chi connectivity index (χ3n) is 6.15. The average Bonchev–Trinajstić information content (AvgIpc) is 2.79. The molecule has 0 aliphatic heterocycles. The number of nitrogens with zero attached hydrogens (tertiary/aromatic N) is 1. The van der Waals surface area contributed by atoms with E-state index in [1.165, 1.54) is 44.1 Å². The van der Waals surface area contributed by atoms with Gasteiger partial charge < -0.3 is 5.11 Å². The van der Waals surface area contributed by atoms with Crippen LogP contribution in [0, 0.1) is 0 Å². The number of sulfonamides is 1. The summed E-state index contributed by atoms with van der Waals surface area (Å²) in [6, 6.07) is 8.37. The Morgan fingerprint density at radius 2 is 1.30 bits per heavy atom. The van der Waals surface area contributed by atoms with Gasteiger partial charge in [0.25, 0.3) is 0 Å². The van der Waals surface area contributed by atoms with Crippen molar-refractivity contribution in [3.8, 4) is 0 Å². The normalized spacial score (nSPS) is 11.8. The first kappa shape index (κ1) is 29.6. The van der Waals surface area contributed by atoms with Crippen molar-refractivity contribution in [2.75, 3.05) is 12.3 Å². The van der Waals surface area contributed by atoms with E-state index in [9.17, 15) is 13.2 Å². The second kappa shape index (κ2) is 18.0. The molecule has 1 aromatic carbocycles. The summed E-state index contributed by atoms with van der Waals surface area (Å²) in [5.41, 5.74) is 2.33. The molecule has 1 aromatic rings. The lowest BCUT2D eigenvalue weighted by molar-refractivity contribution is -0.137. The molecule has 0 saturated heterocycles. The van der Waals surface area contributed by atoms with Gasteiger partial charge in [0.1, 0.15) is 0 Å². The highest BCUT2D eigenvalue weighted by molar-refractivity contribution is 7.89. The topological polar surface area (TPSA) is 74.7 Å². The largest absolute Gasteiger partial charge is 0.481 e. The summed E-state index contributed by atoms with van der Waals surface area (Å²) in [5, 5.41) is 8.77. The van der Waals surface area contributed by atoms with Crippen LogP contribution in [0.25, 0.3) is 0 Å². The summed E-state index contributed by atoms with van der Waals surface area (Å²) in [4.78, 5) is 10.7. The van der Waals surface area contributed by atoms with Crippen LogP contribution in [0.5, 0.6) is 0 Å². The van der Waals surface area contributed by atoms with Gasteiger partial charge in [0.05, 0.1) is 5.75 Å². The fourth-order valence-corrected chi connectivity index (χ4v) is 5.58. The SMILES string of the molecule is CCCCCCCCCS(=O)(=O)N(CCCCCCC(=O)O)Cc1ccc(CCCC)cc1. The first-order chi connectivity index (χ1) is 15.9. The third kappa shape index (κ3) is 14.5. The number of unbranched alkanes of at least 4 members (excludes halogenated alkanes) is 10. The lowest BCUT2D eigenvalue weighted by Crippen LogP contribution is -2.33. The van der Waals surface area contributed by atoms with Crippen molar-refractivity contribution in [2.24, 2.45) is 0 Å². The molecular formula is C27H47NO4S. The monoisotopic (exact) mass is 481 g/mol. The van der Waals surface area contributed by atoms with Crippen molar-refractivity contribution in [3.63, 3.8) is 0 Å². The van der Waals surface area contributed by atoms with E-state index in [-0.39, 0.29) is 12.2 Å². The molecule has 0 amide bonds. The number of carbonyl (C=O) groups is 1. The fraction of sp³-hybridized carbons (Fsp3) is 0.741. The van der Waals surface area contributed by atoms with E-state index in [2.05, 4.69) is 38.1 Å². The van der Waals surface area contributed by atoms with E-state index in [0.717, 1.165) is 50.5 Å². The van der Waals surface area contributed by atoms with Crippen LogP contribution < -0.4 is 0 Å². The van der Waals surface area contributed by atoms with Gasteiger partial charge in [-0.3, -0.25) is 4.79 Å². The standard InChI is InChI=1S/C27H47NO4S/c1-3-5-7-8-9-12-15-23-33(31,32)28(22-14-11-10-13-17-27(29)30)24-26-20-18-25(19-21-26)16-6-4-2/h18-21H,3-17,22-24H2,1-2H3,(H,29,30). The van der Waals surface area contributed by atoms with Gasteiger partial charge in [-0.25, -0.2) is 8.42 Å². The third-order valence-corrected chi connectivity index (χ3v) is 8.05. The van der Waals surface area contributed by atoms with E-state index in [4.69, 9.17) is 5.11 Å². The van der Waals surface area contributed by atoms with Gasteiger partial charge in [-0.05, 0) is 43.2 Å². The summed E-state index contributed by atoms with van der Waals surface area (Å²) >= 11 is 0. The Hall–Kier alpha value is -1.40. The van der Waals surface area contributed by atoms with E-state index < -0.39 is 16.0 Å². The molecule has 0 aromatic heterocycles. The van der Waals surface area contributed by atoms with Crippen LogP contribution in [0.3, 0.4) is 0 Å². The minimum atomic E-state index is -3.31. The molecule has 33 heavy (non-hydrogen) atoms. The highest BCUT2D eigenvalue weighted by atomic mass is 32.2. The van der Waals surface area contributed by atoms with Crippen LogP contribution in [0.15, 0.2) is 24.3 Å². The Morgan fingerprint density at radius 3 is 1.94 bits per heavy atom. The summed E-state index contributed by atoms with van der Waals surface area (Å²) in [6.07, 6.45) is 14.4. The first-order valence-corrected chi connectivity index (χ1v) is 14.8. The lowest BCUT2D eigenvalue weighted by Gasteiger charge is -2.22. The Balaban J connectivity index is 2.62. The number of hydrogen-bond acceptors (Lipinski definition) is 3. The number of aryl methyl sites for hydroxylation is 1. The highest BCUT2D eigenvalue weighted by Crippen LogP contribution is 2.17. The number of benzene rings is 1. The molecule has 0 unspecified atom stereocenters. The van der Waals surface area contributed by atoms with Gasteiger partial charge in [0.15, 0.2) is 0 Å². The molecule has 5 nitrogen and oxygen atoms in total. The number of rotatable bonds is 21. The molecule has 0 heterocycles.